The van der Waals surface area contributed by atoms with Crippen LogP contribution in [-0.2, 0) is 4.79 Å². The Morgan fingerprint density at radius 2 is 2.04 bits per heavy atom. The number of hydrogen-bond acceptors (Lipinski definition) is 4. The van der Waals surface area contributed by atoms with Crippen molar-refractivity contribution in [1.29, 1.82) is 0 Å². The van der Waals surface area contributed by atoms with Crippen LogP contribution in [0.15, 0.2) is 12.4 Å². The van der Waals surface area contributed by atoms with Crippen molar-refractivity contribution < 1.29 is 9.59 Å². The molecule has 0 spiro atoms. The first-order valence-corrected chi connectivity index (χ1v) is 8.33. The van der Waals surface area contributed by atoms with Crippen LogP contribution >= 0.6 is 0 Å². The number of amides is 2. The summed E-state index contributed by atoms with van der Waals surface area (Å²) >= 11 is 0. The standard InChI is InChI=1S/C17H26N4O2/c1-12(2)6-8-18-16(22)7-9-21(14-4-5-14)17(23)15-11-19-13(3)10-20-15/h10-12,14H,4-9H2,1-3H3,(H,18,22). The van der Waals surface area contributed by atoms with E-state index in [-0.39, 0.29) is 17.9 Å². The minimum Gasteiger partial charge on any atom is -0.356 e. The summed E-state index contributed by atoms with van der Waals surface area (Å²) < 4.78 is 0. The first-order chi connectivity index (χ1) is 11.0. The molecule has 0 bridgehead atoms. The molecule has 1 heterocycles. The van der Waals surface area contributed by atoms with E-state index in [1.807, 2.05) is 6.92 Å². The molecule has 1 aliphatic carbocycles. The van der Waals surface area contributed by atoms with Crippen LogP contribution in [0.5, 0.6) is 0 Å². The zero-order valence-corrected chi connectivity index (χ0v) is 14.2. The largest absolute Gasteiger partial charge is 0.356 e. The van der Waals surface area contributed by atoms with Gasteiger partial charge in [0, 0.05) is 31.7 Å². The molecule has 0 unspecified atom stereocenters. The second-order valence-electron chi connectivity index (χ2n) is 6.56. The quantitative estimate of drug-likeness (QED) is 0.795. The number of nitrogens with zero attached hydrogens (tertiary/aromatic N) is 3. The smallest absolute Gasteiger partial charge is 0.274 e. The number of aromatic nitrogens is 2. The van der Waals surface area contributed by atoms with Crippen LogP contribution in [-0.4, -0.2) is 45.8 Å². The van der Waals surface area contributed by atoms with E-state index in [1.54, 1.807) is 11.1 Å². The maximum absolute atomic E-state index is 12.5. The molecule has 1 aromatic rings. The van der Waals surface area contributed by atoms with Crippen LogP contribution in [0.1, 0.15) is 55.7 Å². The molecule has 0 radical (unpaired) electrons. The van der Waals surface area contributed by atoms with Crippen molar-refractivity contribution in [3.05, 3.63) is 23.8 Å². The Kier molecular flexibility index (Phi) is 6.07. The van der Waals surface area contributed by atoms with E-state index in [9.17, 15) is 9.59 Å². The van der Waals surface area contributed by atoms with Gasteiger partial charge in [-0.25, -0.2) is 4.98 Å². The van der Waals surface area contributed by atoms with Crippen LogP contribution < -0.4 is 5.32 Å². The lowest BCUT2D eigenvalue weighted by atomic mass is 10.1. The first-order valence-electron chi connectivity index (χ1n) is 8.33. The van der Waals surface area contributed by atoms with Gasteiger partial charge in [-0.1, -0.05) is 13.8 Å². The summed E-state index contributed by atoms with van der Waals surface area (Å²) in [7, 11) is 0. The van der Waals surface area contributed by atoms with Gasteiger partial charge < -0.3 is 10.2 Å². The van der Waals surface area contributed by atoms with Crippen molar-refractivity contribution in [2.45, 2.75) is 52.5 Å². The van der Waals surface area contributed by atoms with Crippen molar-refractivity contribution in [2.75, 3.05) is 13.1 Å². The summed E-state index contributed by atoms with van der Waals surface area (Å²) in [6, 6.07) is 0.245. The number of nitrogens with one attached hydrogen (secondary N) is 1. The van der Waals surface area contributed by atoms with Gasteiger partial charge in [0.1, 0.15) is 5.69 Å². The summed E-state index contributed by atoms with van der Waals surface area (Å²) in [5, 5.41) is 2.91. The van der Waals surface area contributed by atoms with Crippen molar-refractivity contribution in [1.82, 2.24) is 20.2 Å². The van der Waals surface area contributed by atoms with Gasteiger partial charge in [0.15, 0.2) is 0 Å². The molecule has 0 atom stereocenters. The molecule has 0 saturated heterocycles. The van der Waals surface area contributed by atoms with Gasteiger partial charge >= 0.3 is 0 Å². The van der Waals surface area contributed by atoms with E-state index in [1.165, 1.54) is 6.20 Å². The highest BCUT2D eigenvalue weighted by Gasteiger charge is 2.33. The van der Waals surface area contributed by atoms with E-state index in [4.69, 9.17) is 0 Å². The lowest BCUT2D eigenvalue weighted by Crippen LogP contribution is -2.37. The normalized spacial score (nSPS) is 13.9. The summed E-state index contributed by atoms with van der Waals surface area (Å²) in [5.41, 5.74) is 1.13. The van der Waals surface area contributed by atoms with Crippen molar-refractivity contribution >= 4 is 11.8 Å². The predicted octanol–water partition coefficient (Wildman–Crippen LogP) is 1.94. The maximum atomic E-state index is 12.5. The third kappa shape index (κ3) is 5.62. The van der Waals surface area contributed by atoms with Gasteiger partial charge in [0.25, 0.3) is 5.91 Å². The minimum absolute atomic E-state index is 0.000842. The molecule has 1 fully saturated rings. The maximum Gasteiger partial charge on any atom is 0.274 e. The molecule has 2 amide bonds. The molecule has 1 aliphatic rings. The summed E-state index contributed by atoms with van der Waals surface area (Å²) in [5.74, 6) is 0.439. The molecule has 0 aliphatic heterocycles. The lowest BCUT2D eigenvalue weighted by Gasteiger charge is -2.21. The number of hydrogen-bond donors (Lipinski definition) is 1. The molecule has 1 saturated carbocycles. The van der Waals surface area contributed by atoms with Crippen molar-refractivity contribution in [3.8, 4) is 0 Å². The molecular formula is C17H26N4O2. The zero-order valence-electron chi connectivity index (χ0n) is 14.2. The second-order valence-corrected chi connectivity index (χ2v) is 6.56. The van der Waals surface area contributed by atoms with E-state index < -0.39 is 0 Å². The molecule has 6 heteroatoms. The van der Waals surface area contributed by atoms with Gasteiger partial charge in [-0.3, -0.25) is 14.6 Å². The van der Waals surface area contributed by atoms with Crippen LogP contribution in [0, 0.1) is 12.8 Å². The summed E-state index contributed by atoms with van der Waals surface area (Å²) in [6.45, 7) is 7.22. The fourth-order valence-corrected chi connectivity index (χ4v) is 2.30. The van der Waals surface area contributed by atoms with E-state index in [0.29, 0.717) is 31.1 Å². The first kappa shape index (κ1) is 17.4. The van der Waals surface area contributed by atoms with E-state index in [2.05, 4.69) is 29.1 Å². The van der Waals surface area contributed by atoms with Gasteiger partial charge in [-0.15, -0.1) is 0 Å². The Balaban J connectivity index is 1.85. The van der Waals surface area contributed by atoms with Crippen LogP contribution in [0.3, 0.4) is 0 Å². The molecule has 0 aromatic carbocycles. The highest BCUT2D eigenvalue weighted by molar-refractivity contribution is 5.92. The fraction of sp³-hybridized carbons (Fsp3) is 0.647. The average Bonchev–Trinajstić information content (AvgIpc) is 3.32. The average molecular weight is 318 g/mol. The molecular weight excluding hydrogens is 292 g/mol. The summed E-state index contributed by atoms with van der Waals surface area (Å²) in [4.78, 5) is 34.5. The number of carbonyl (C=O) groups excluding carboxylic acids is 2. The zero-order chi connectivity index (χ0) is 16.8. The highest BCUT2D eigenvalue weighted by Crippen LogP contribution is 2.28. The number of aryl methyl sites for hydroxylation is 1. The van der Waals surface area contributed by atoms with Crippen molar-refractivity contribution in [2.24, 2.45) is 5.92 Å². The van der Waals surface area contributed by atoms with Gasteiger partial charge in [0.05, 0.1) is 11.9 Å². The Hall–Kier alpha value is -1.98. The Morgan fingerprint density at radius 3 is 2.61 bits per heavy atom. The number of carbonyl (C=O) groups is 2. The topological polar surface area (TPSA) is 75.2 Å². The molecule has 2 rings (SSSR count). The molecule has 23 heavy (non-hydrogen) atoms. The van der Waals surface area contributed by atoms with Gasteiger partial charge in [-0.2, -0.15) is 0 Å². The molecule has 1 N–H and O–H groups in total. The van der Waals surface area contributed by atoms with Gasteiger partial charge in [0.2, 0.25) is 5.91 Å². The molecule has 126 valence electrons. The van der Waals surface area contributed by atoms with Gasteiger partial charge in [-0.05, 0) is 32.1 Å². The van der Waals surface area contributed by atoms with Crippen LogP contribution in [0.4, 0.5) is 0 Å². The van der Waals surface area contributed by atoms with Crippen molar-refractivity contribution in [3.63, 3.8) is 0 Å². The number of rotatable bonds is 8. The Labute approximate surface area is 137 Å². The monoisotopic (exact) mass is 318 g/mol. The van der Waals surface area contributed by atoms with Crippen LogP contribution in [0.25, 0.3) is 0 Å². The minimum atomic E-state index is -0.130. The Bertz CT molecular complexity index is 538. The predicted molar refractivity (Wildman–Crippen MR) is 87.9 cm³/mol. The third-order valence-corrected chi connectivity index (χ3v) is 3.87. The molecule has 6 nitrogen and oxygen atoms in total. The second kappa shape index (κ2) is 8.04. The van der Waals surface area contributed by atoms with E-state index in [0.717, 1.165) is 25.0 Å². The molecule has 1 aromatic heterocycles. The highest BCUT2D eigenvalue weighted by atomic mass is 16.2. The fourth-order valence-electron chi connectivity index (χ4n) is 2.30. The lowest BCUT2D eigenvalue weighted by molar-refractivity contribution is -0.121. The Morgan fingerprint density at radius 1 is 1.30 bits per heavy atom. The van der Waals surface area contributed by atoms with Crippen LogP contribution in [0.2, 0.25) is 0 Å². The SMILES string of the molecule is Cc1cnc(C(=O)N(CCC(=O)NCCC(C)C)C2CC2)cn1. The summed E-state index contributed by atoms with van der Waals surface area (Å²) in [6.07, 6.45) is 6.41. The third-order valence-electron chi connectivity index (χ3n) is 3.87. The van der Waals surface area contributed by atoms with E-state index >= 15 is 0 Å².